The van der Waals surface area contributed by atoms with Gasteiger partial charge in [-0.05, 0) is 12.5 Å². The minimum atomic E-state index is -0.267. The van der Waals surface area contributed by atoms with Crippen LogP contribution in [0.3, 0.4) is 0 Å². The summed E-state index contributed by atoms with van der Waals surface area (Å²) in [5.74, 6) is 5.03. The molecule has 0 radical (unpaired) electrons. The molecule has 2 amide bonds. The van der Waals surface area contributed by atoms with Crippen LogP contribution in [0.1, 0.15) is 29.3 Å². The molecule has 110 valence electrons. The molecule has 0 spiro atoms. The molecular weight excluding hydrogens is 270 g/mol. The Bertz CT molecular complexity index is 604. The molecule has 1 unspecified atom stereocenters. The summed E-state index contributed by atoms with van der Waals surface area (Å²) >= 11 is 0. The molecule has 1 aliphatic heterocycles. The number of hydrogen-bond donors (Lipinski definition) is 2. The van der Waals surface area contributed by atoms with Crippen molar-refractivity contribution in [2.24, 2.45) is 0 Å². The van der Waals surface area contributed by atoms with Gasteiger partial charge < -0.3 is 15.3 Å². The quantitative estimate of drug-likeness (QED) is 0.737. The third kappa shape index (κ3) is 3.80. The first-order valence-electron chi connectivity index (χ1n) is 6.72. The lowest BCUT2D eigenvalue weighted by Gasteiger charge is -2.17. The summed E-state index contributed by atoms with van der Waals surface area (Å²) in [6, 6.07) is 1.62. The van der Waals surface area contributed by atoms with E-state index in [0.29, 0.717) is 24.2 Å². The fourth-order valence-electron chi connectivity index (χ4n) is 2.34. The number of aromatic nitrogens is 1. The summed E-state index contributed by atoms with van der Waals surface area (Å²) in [5, 5.41) is 11.6. The molecule has 2 rings (SSSR count). The van der Waals surface area contributed by atoms with Crippen LogP contribution in [0.25, 0.3) is 0 Å². The lowest BCUT2D eigenvalue weighted by atomic mass is 10.1. The average Bonchev–Trinajstić information content (AvgIpc) is 2.92. The van der Waals surface area contributed by atoms with E-state index in [1.807, 2.05) is 0 Å². The van der Waals surface area contributed by atoms with E-state index in [1.54, 1.807) is 17.2 Å². The first-order valence-corrected chi connectivity index (χ1v) is 6.72. The van der Waals surface area contributed by atoms with Crippen molar-refractivity contribution in [2.75, 3.05) is 19.7 Å². The van der Waals surface area contributed by atoms with Gasteiger partial charge in [0.15, 0.2) is 0 Å². The van der Waals surface area contributed by atoms with E-state index in [0.717, 1.165) is 6.42 Å². The molecule has 1 fully saturated rings. The zero-order valence-electron chi connectivity index (χ0n) is 11.8. The molecular formula is C15H17N3O3. The number of carbonyl (C=O) groups is 2. The third-order valence-corrected chi connectivity index (χ3v) is 3.24. The Morgan fingerprint density at radius 3 is 3.10 bits per heavy atom. The zero-order valence-corrected chi connectivity index (χ0v) is 11.8. The van der Waals surface area contributed by atoms with Crippen LogP contribution in [0.4, 0.5) is 0 Å². The summed E-state index contributed by atoms with van der Waals surface area (Å²) in [7, 11) is 0. The summed E-state index contributed by atoms with van der Waals surface area (Å²) < 4.78 is 0. The topological polar surface area (TPSA) is 82.5 Å². The summed E-state index contributed by atoms with van der Waals surface area (Å²) in [6.07, 6.45) is 3.80. The van der Waals surface area contributed by atoms with Crippen LogP contribution in [0.15, 0.2) is 18.5 Å². The standard InChI is InChI=1S/C15H17N3O3/c1-11(20)17-13-5-7-18(10-13)15(21)14-4-6-16-9-12(14)3-2-8-19/h4,6,9,13,19H,5,7-8,10H2,1H3,(H,17,20). The van der Waals surface area contributed by atoms with Crippen LogP contribution >= 0.6 is 0 Å². The number of carbonyl (C=O) groups excluding carboxylic acids is 2. The van der Waals surface area contributed by atoms with Crippen molar-refractivity contribution in [1.29, 1.82) is 0 Å². The highest BCUT2D eigenvalue weighted by Gasteiger charge is 2.28. The highest BCUT2D eigenvalue weighted by molar-refractivity contribution is 5.96. The molecule has 2 N–H and O–H groups in total. The predicted octanol–water partition coefficient (Wildman–Crippen LogP) is -0.224. The normalized spacial score (nSPS) is 17.0. The highest BCUT2D eigenvalue weighted by atomic mass is 16.2. The number of rotatable bonds is 2. The van der Waals surface area contributed by atoms with Gasteiger partial charge in [-0.3, -0.25) is 14.6 Å². The molecule has 6 nitrogen and oxygen atoms in total. The molecule has 1 aliphatic rings. The molecule has 21 heavy (non-hydrogen) atoms. The van der Waals surface area contributed by atoms with E-state index in [9.17, 15) is 9.59 Å². The Morgan fingerprint density at radius 2 is 2.38 bits per heavy atom. The van der Waals surface area contributed by atoms with Gasteiger partial charge in [-0.1, -0.05) is 11.8 Å². The third-order valence-electron chi connectivity index (χ3n) is 3.24. The molecule has 0 bridgehead atoms. The smallest absolute Gasteiger partial charge is 0.255 e. The minimum Gasteiger partial charge on any atom is -0.384 e. The van der Waals surface area contributed by atoms with Gasteiger partial charge in [-0.2, -0.15) is 0 Å². The van der Waals surface area contributed by atoms with Gasteiger partial charge in [0.2, 0.25) is 5.91 Å². The monoisotopic (exact) mass is 287 g/mol. The van der Waals surface area contributed by atoms with Crippen LogP contribution < -0.4 is 5.32 Å². The second kappa shape index (κ2) is 6.86. The first kappa shape index (κ1) is 15.0. The molecule has 0 aromatic carbocycles. The molecule has 6 heteroatoms. The molecule has 1 aromatic heterocycles. The predicted molar refractivity (Wildman–Crippen MR) is 76.3 cm³/mol. The van der Waals surface area contributed by atoms with Gasteiger partial charge in [-0.15, -0.1) is 0 Å². The lowest BCUT2D eigenvalue weighted by molar-refractivity contribution is -0.119. The van der Waals surface area contributed by atoms with E-state index in [-0.39, 0.29) is 24.5 Å². The molecule has 2 heterocycles. The number of likely N-dealkylation sites (tertiary alicyclic amines) is 1. The van der Waals surface area contributed by atoms with Crippen LogP contribution in [0, 0.1) is 11.8 Å². The second-order valence-corrected chi connectivity index (χ2v) is 4.82. The van der Waals surface area contributed by atoms with Crippen molar-refractivity contribution in [3.05, 3.63) is 29.6 Å². The van der Waals surface area contributed by atoms with E-state index < -0.39 is 0 Å². The van der Waals surface area contributed by atoms with Crippen LogP contribution in [0.2, 0.25) is 0 Å². The van der Waals surface area contributed by atoms with Crippen LogP contribution in [-0.4, -0.2) is 52.5 Å². The number of hydrogen-bond acceptors (Lipinski definition) is 4. The van der Waals surface area contributed by atoms with Crippen molar-refractivity contribution in [3.8, 4) is 11.8 Å². The molecule has 1 saturated heterocycles. The van der Waals surface area contributed by atoms with E-state index in [2.05, 4.69) is 22.1 Å². The lowest BCUT2D eigenvalue weighted by Crippen LogP contribution is -2.37. The highest BCUT2D eigenvalue weighted by Crippen LogP contribution is 2.15. The maximum absolute atomic E-state index is 12.5. The maximum Gasteiger partial charge on any atom is 0.255 e. The first-order chi connectivity index (χ1) is 10.1. The van der Waals surface area contributed by atoms with Crippen molar-refractivity contribution in [2.45, 2.75) is 19.4 Å². The molecule has 1 atom stereocenters. The second-order valence-electron chi connectivity index (χ2n) is 4.82. The number of nitrogens with zero attached hydrogens (tertiary/aromatic N) is 2. The van der Waals surface area contributed by atoms with E-state index in [1.165, 1.54) is 13.1 Å². The van der Waals surface area contributed by atoms with Crippen molar-refractivity contribution >= 4 is 11.8 Å². The zero-order chi connectivity index (χ0) is 15.2. The number of aliphatic hydroxyl groups is 1. The molecule has 1 aromatic rings. The van der Waals surface area contributed by atoms with Crippen molar-refractivity contribution < 1.29 is 14.7 Å². The van der Waals surface area contributed by atoms with Crippen molar-refractivity contribution in [3.63, 3.8) is 0 Å². The number of pyridine rings is 1. The fraction of sp³-hybridized carbons (Fsp3) is 0.400. The van der Waals surface area contributed by atoms with E-state index >= 15 is 0 Å². The molecule has 0 saturated carbocycles. The Morgan fingerprint density at radius 1 is 1.57 bits per heavy atom. The molecule has 0 aliphatic carbocycles. The maximum atomic E-state index is 12.5. The minimum absolute atomic E-state index is 0.000244. The summed E-state index contributed by atoms with van der Waals surface area (Å²) in [4.78, 5) is 29.2. The average molecular weight is 287 g/mol. The number of nitrogens with one attached hydrogen (secondary N) is 1. The number of amides is 2. The Hall–Kier alpha value is -2.39. The Kier molecular flexibility index (Phi) is 4.90. The van der Waals surface area contributed by atoms with Gasteiger partial charge in [0, 0.05) is 38.4 Å². The SMILES string of the molecule is CC(=O)NC1CCN(C(=O)c2ccncc2C#CCO)C1. The van der Waals surface area contributed by atoms with Crippen LogP contribution in [-0.2, 0) is 4.79 Å². The van der Waals surface area contributed by atoms with Crippen molar-refractivity contribution in [1.82, 2.24) is 15.2 Å². The fourth-order valence-corrected chi connectivity index (χ4v) is 2.34. The van der Waals surface area contributed by atoms with Crippen LogP contribution in [0.5, 0.6) is 0 Å². The van der Waals surface area contributed by atoms with Gasteiger partial charge in [-0.25, -0.2) is 0 Å². The van der Waals surface area contributed by atoms with Gasteiger partial charge in [0.1, 0.15) is 6.61 Å². The summed E-state index contributed by atoms with van der Waals surface area (Å²) in [6.45, 7) is 2.29. The Labute approximate surface area is 123 Å². The summed E-state index contributed by atoms with van der Waals surface area (Å²) in [5.41, 5.74) is 0.967. The number of aliphatic hydroxyl groups excluding tert-OH is 1. The van der Waals surface area contributed by atoms with Gasteiger partial charge in [0.25, 0.3) is 5.91 Å². The Balaban J connectivity index is 2.12. The van der Waals surface area contributed by atoms with Gasteiger partial charge in [0.05, 0.1) is 11.1 Å². The van der Waals surface area contributed by atoms with E-state index in [4.69, 9.17) is 5.11 Å². The largest absolute Gasteiger partial charge is 0.384 e. The van der Waals surface area contributed by atoms with Gasteiger partial charge >= 0.3 is 0 Å².